The monoisotopic (exact) mass is 398 g/mol. The minimum Gasteiger partial charge on any atom is -0.454 e. The predicted molar refractivity (Wildman–Crippen MR) is 105 cm³/mol. The van der Waals surface area contributed by atoms with Gasteiger partial charge in [0.05, 0.1) is 12.9 Å². The molecule has 10 nitrogen and oxygen atoms in total. The number of aryl methyl sites for hydroxylation is 1. The van der Waals surface area contributed by atoms with E-state index in [1.165, 1.54) is 6.33 Å². The molecule has 29 heavy (non-hydrogen) atoms. The second-order valence-electron chi connectivity index (χ2n) is 6.47. The molecule has 1 aliphatic heterocycles. The van der Waals surface area contributed by atoms with E-state index in [4.69, 9.17) is 14.2 Å². The van der Waals surface area contributed by atoms with Crippen molar-refractivity contribution in [2.75, 3.05) is 25.8 Å². The van der Waals surface area contributed by atoms with Crippen molar-refractivity contribution in [1.29, 1.82) is 0 Å². The molecule has 0 aliphatic carbocycles. The number of rotatable bonds is 8. The third kappa shape index (κ3) is 4.31. The van der Waals surface area contributed by atoms with E-state index in [0.29, 0.717) is 24.7 Å². The van der Waals surface area contributed by atoms with Crippen LogP contribution < -0.4 is 20.1 Å². The van der Waals surface area contributed by atoms with Crippen LogP contribution in [0.4, 0.5) is 10.6 Å². The van der Waals surface area contributed by atoms with Crippen molar-refractivity contribution in [3.63, 3.8) is 0 Å². The molecule has 0 saturated carbocycles. The van der Waals surface area contributed by atoms with Crippen molar-refractivity contribution in [2.45, 2.75) is 25.9 Å². The number of aromatic nitrogens is 4. The Balaban J connectivity index is 1.17. The summed E-state index contributed by atoms with van der Waals surface area (Å²) in [5, 5.41) is 5.74. The zero-order chi connectivity index (χ0) is 20.1. The molecule has 152 valence electrons. The SMILES string of the molecule is CNc1ncnc2c1ncn2CCCCOC(=O)NCc1ccc2c(c1)OCO2. The first-order valence-corrected chi connectivity index (χ1v) is 9.37. The second kappa shape index (κ2) is 8.63. The van der Waals surface area contributed by atoms with Crippen LogP contribution in [-0.2, 0) is 17.8 Å². The third-order valence-corrected chi connectivity index (χ3v) is 4.54. The van der Waals surface area contributed by atoms with Gasteiger partial charge in [0, 0.05) is 20.1 Å². The largest absolute Gasteiger partial charge is 0.454 e. The van der Waals surface area contributed by atoms with E-state index in [1.54, 1.807) is 13.4 Å². The van der Waals surface area contributed by atoms with E-state index in [1.807, 2.05) is 22.8 Å². The van der Waals surface area contributed by atoms with Crippen molar-refractivity contribution in [2.24, 2.45) is 0 Å². The first-order valence-electron chi connectivity index (χ1n) is 9.37. The molecular weight excluding hydrogens is 376 g/mol. The Labute approximate surface area is 167 Å². The Bertz CT molecular complexity index is 1010. The summed E-state index contributed by atoms with van der Waals surface area (Å²) in [6.07, 6.45) is 4.39. The molecule has 4 rings (SSSR count). The Kier molecular flexibility index (Phi) is 5.59. The molecule has 0 atom stereocenters. The number of alkyl carbamates (subject to hydrolysis) is 1. The maximum atomic E-state index is 11.9. The zero-order valence-corrected chi connectivity index (χ0v) is 16.1. The summed E-state index contributed by atoms with van der Waals surface area (Å²) in [6.45, 7) is 1.67. The average molecular weight is 398 g/mol. The topological polar surface area (TPSA) is 112 Å². The van der Waals surface area contributed by atoms with Gasteiger partial charge in [-0.1, -0.05) is 6.07 Å². The fraction of sp³-hybridized carbons (Fsp3) is 0.368. The van der Waals surface area contributed by atoms with Crippen LogP contribution in [-0.4, -0.2) is 46.1 Å². The lowest BCUT2D eigenvalue weighted by molar-refractivity contribution is 0.143. The molecule has 0 saturated heterocycles. The standard InChI is InChI=1S/C19H22N6O4/c1-20-17-16-18(23-10-22-17)25(11-24-16)6-2-3-7-27-19(26)21-9-13-4-5-14-15(8-13)29-12-28-14/h4-5,8,10-11H,2-3,6-7,9,12H2,1H3,(H,21,26)(H,20,22,23). The maximum Gasteiger partial charge on any atom is 0.407 e. The van der Waals surface area contributed by atoms with Gasteiger partial charge >= 0.3 is 6.09 Å². The highest BCUT2D eigenvalue weighted by atomic mass is 16.7. The fourth-order valence-corrected chi connectivity index (χ4v) is 3.05. The molecule has 10 heteroatoms. The minimum atomic E-state index is -0.442. The number of amides is 1. The lowest BCUT2D eigenvalue weighted by Gasteiger charge is -2.08. The molecular formula is C19H22N6O4. The average Bonchev–Trinajstić information content (AvgIpc) is 3.38. The summed E-state index contributed by atoms with van der Waals surface area (Å²) in [6, 6.07) is 5.56. The highest BCUT2D eigenvalue weighted by molar-refractivity contribution is 5.82. The molecule has 0 spiro atoms. The van der Waals surface area contributed by atoms with Crippen LogP contribution in [0.2, 0.25) is 0 Å². The number of fused-ring (bicyclic) bond motifs is 2. The van der Waals surface area contributed by atoms with Crippen LogP contribution in [0.15, 0.2) is 30.9 Å². The van der Waals surface area contributed by atoms with Gasteiger partial charge in [-0.05, 0) is 30.5 Å². The molecule has 0 radical (unpaired) electrons. The summed E-state index contributed by atoms with van der Waals surface area (Å²) in [5.74, 6) is 2.11. The van der Waals surface area contributed by atoms with Gasteiger partial charge in [0.1, 0.15) is 11.8 Å². The highest BCUT2D eigenvalue weighted by Crippen LogP contribution is 2.32. The van der Waals surface area contributed by atoms with Gasteiger partial charge in [-0.3, -0.25) is 0 Å². The van der Waals surface area contributed by atoms with E-state index in [0.717, 1.165) is 41.9 Å². The van der Waals surface area contributed by atoms with E-state index in [-0.39, 0.29) is 6.79 Å². The lowest BCUT2D eigenvalue weighted by atomic mass is 10.2. The first-order chi connectivity index (χ1) is 14.2. The number of hydrogen-bond donors (Lipinski definition) is 2. The van der Waals surface area contributed by atoms with Gasteiger partial charge < -0.3 is 29.4 Å². The Hall–Kier alpha value is -3.56. The second-order valence-corrected chi connectivity index (χ2v) is 6.47. The number of imidazole rings is 1. The van der Waals surface area contributed by atoms with Gasteiger partial charge in [0.15, 0.2) is 23.0 Å². The van der Waals surface area contributed by atoms with Crippen LogP contribution in [0.5, 0.6) is 11.5 Å². The molecule has 1 amide bonds. The Morgan fingerprint density at radius 1 is 1.21 bits per heavy atom. The molecule has 0 unspecified atom stereocenters. The summed E-state index contributed by atoms with van der Waals surface area (Å²) in [5.41, 5.74) is 2.45. The molecule has 3 heterocycles. The van der Waals surface area contributed by atoms with Crippen molar-refractivity contribution < 1.29 is 19.0 Å². The first kappa shape index (κ1) is 18.8. The number of nitrogens with zero attached hydrogens (tertiary/aromatic N) is 4. The number of carbonyl (C=O) groups is 1. The quantitative estimate of drug-likeness (QED) is 0.556. The third-order valence-electron chi connectivity index (χ3n) is 4.54. The number of anilines is 1. The molecule has 3 aromatic rings. The van der Waals surface area contributed by atoms with Gasteiger partial charge in [-0.2, -0.15) is 0 Å². The predicted octanol–water partition coefficient (Wildman–Crippen LogP) is 2.30. The number of ether oxygens (including phenoxy) is 3. The normalized spacial score (nSPS) is 12.2. The molecule has 0 fully saturated rings. The fourth-order valence-electron chi connectivity index (χ4n) is 3.05. The highest BCUT2D eigenvalue weighted by Gasteiger charge is 2.13. The zero-order valence-electron chi connectivity index (χ0n) is 16.1. The van der Waals surface area contributed by atoms with E-state index >= 15 is 0 Å². The van der Waals surface area contributed by atoms with Crippen LogP contribution >= 0.6 is 0 Å². The van der Waals surface area contributed by atoms with E-state index in [9.17, 15) is 4.79 Å². The molecule has 1 aliphatic rings. The smallest absolute Gasteiger partial charge is 0.407 e. The van der Waals surface area contributed by atoms with Crippen molar-refractivity contribution in [3.05, 3.63) is 36.4 Å². The Morgan fingerprint density at radius 2 is 2.10 bits per heavy atom. The molecule has 1 aromatic carbocycles. The summed E-state index contributed by atoms with van der Waals surface area (Å²) >= 11 is 0. The minimum absolute atomic E-state index is 0.229. The Morgan fingerprint density at radius 3 is 3.00 bits per heavy atom. The summed E-state index contributed by atoms with van der Waals surface area (Å²) < 4.78 is 17.8. The number of unbranched alkanes of at least 4 members (excludes halogenated alkanes) is 1. The van der Waals surface area contributed by atoms with Gasteiger partial charge in [-0.25, -0.2) is 19.7 Å². The molecule has 2 aromatic heterocycles. The van der Waals surface area contributed by atoms with Crippen molar-refractivity contribution in [1.82, 2.24) is 24.8 Å². The lowest BCUT2D eigenvalue weighted by Crippen LogP contribution is -2.24. The number of benzene rings is 1. The van der Waals surface area contributed by atoms with Crippen LogP contribution in [0.3, 0.4) is 0 Å². The maximum absolute atomic E-state index is 11.9. The van der Waals surface area contributed by atoms with Crippen LogP contribution in [0, 0.1) is 0 Å². The van der Waals surface area contributed by atoms with Crippen molar-refractivity contribution >= 4 is 23.1 Å². The van der Waals surface area contributed by atoms with Gasteiger partial charge in [0.2, 0.25) is 6.79 Å². The number of hydrogen-bond acceptors (Lipinski definition) is 8. The van der Waals surface area contributed by atoms with Crippen LogP contribution in [0.25, 0.3) is 11.2 Å². The van der Waals surface area contributed by atoms with E-state index in [2.05, 4.69) is 25.6 Å². The summed E-state index contributed by atoms with van der Waals surface area (Å²) in [4.78, 5) is 24.7. The molecule has 0 bridgehead atoms. The van der Waals surface area contributed by atoms with E-state index < -0.39 is 6.09 Å². The van der Waals surface area contributed by atoms with Gasteiger partial charge in [0.25, 0.3) is 0 Å². The van der Waals surface area contributed by atoms with Crippen LogP contribution in [0.1, 0.15) is 18.4 Å². The number of carbonyl (C=O) groups excluding carboxylic acids is 1. The number of nitrogens with one attached hydrogen (secondary N) is 2. The van der Waals surface area contributed by atoms with Crippen molar-refractivity contribution in [3.8, 4) is 11.5 Å². The van der Waals surface area contributed by atoms with Gasteiger partial charge in [-0.15, -0.1) is 0 Å². The molecule has 2 N–H and O–H groups in total. The summed E-state index contributed by atoms with van der Waals surface area (Å²) in [7, 11) is 1.80.